The zero-order chi connectivity index (χ0) is 14.5. The summed E-state index contributed by atoms with van der Waals surface area (Å²) in [6.07, 6.45) is 9.15. The number of hydrogen-bond donors (Lipinski definition) is 1. The summed E-state index contributed by atoms with van der Waals surface area (Å²) in [5, 5.41) is 0. The van der Waals surface area contributed by atoms with Gasteiger partial charge in [-0.3, -0.25) is 9.78 Å². The molecule has 5 nitrogen and oxygen atoms in total. The Morgan fingerprint density at radius 1 is 1.48 bits per heavy atom. The molecule has 110 valence electrons. The van der Waals surface area contributed by atoms with E-state index in [-0.39, 0.29) is 12.0 Å². The van der Waals surface area contributed by atoms with Crippen LogP contribution in [0.25, 0.3) is 0 Å². The van der Waals surface area contributed by atoms with E-state index in [0.29, 0.717) is 18.7 Å². The lowest BCUT2D eigenvalue weighted by molar-refractivity contribution is -0.00680. The molecule has 0 aromatic carbocycles. The second-order valence-corrected chi connectivity index (χ2v) is 5.29. The van der Waals surface area contributed by atoms with Crippen LogP contribution in [0.2, 0.25) is 0 Å². The van der Waals surface area contributed by atoms with Crippen molar-refractivity contribution in [1.82, 2.24) is 14.9 Å². The third kappa shape index (κ3) is 3.49. The van der Waals surface area contributed by atoms with E-state index in [1.165, 1.54) is 0 Å². The topological polar surface area (TPSA) is 58.2 Å². The van der Waals surface area contributed by atoms with Crippen molar-refractivity contribution in [1.29, 1.82) is 0 Å². The Kier molecular flexibility index (Phi) is 4.31. The lowest BCUT2D eigenvalue weighted by atomic mass is 10.1. The number of pyridine rings is 1. The van der Waals surface area contributed by atoms with Gasteiger partial charge < -0.3 is 14.6 Å². The summed E-state index contributed by atoms with van der Waals surface area (Å²) in [6.45, 7) is 2.01. The lowest BCUT2D eigenvalue weighted by Gasteiger charge is -2.32. The molecule has 1 atom stereocenters. The van der Waals surface area contributed by atoms with Crippen LogP contribution in [0.4, 0.5) is 0 Å². The van der Waals surface area contributed by atoms with E-state index < -0.39 is 0 Å². The van der Waals surface area contributed by atoms with Gasteiger partial charge >= 0.3 is 0 Å². The number of H-pyrrole nitrogens is 1. The summed E-state index contributed by atoms with van der Waals surface area (Å²) >= 11 is 0. The first kappa shape index (κ1) is 13.8. The molecule has 2 aromatic heterocycles. The molecule has 0 unspecified atom stereocenters. The van der Waals surface area contributed by atoms with Gasteiger partial charge in [0.2, 0.25) is 0 Å². The number of rotatable bonds is 4. The van der Waals surface area contributed by atoms with Gasteiger partial charge in [0.25, 0.3) is 5.91 Å². The summed E-state index contributed by atoms with van der Waals surface area (Å²) < 4.78 is 5.93. The van der Waals surface area contributed by atoms with E-state index in [1.807, 2.05) is 29.3 Å². The van der Waals surface area contributed by atoms with Crippen molar-refractivity contribution in [3.63, 3.8) is 0 Å². The Hall–Kier alpha value is -2.14. The maximum Gasteiger partial charge on any atom is 0.255 e. The van der Waals surface area contributed by atoms with Gasteiger partial charge in [0.1, 0.15) is 0 Å². The lowest BCUT2D eigenvalue weighted by Crippen LogP contribution is -2.43. The largest absolute Gasteiger partial charge is 0.372 e. The molecule has 5 heteroatoms. The van der Waals surface area contributed by atoms with Gasteiger partial charge in [-0.25, -0.2) is 0 Å². The van der Waals surface area contributed by atoms with E-state index >= 15 is 0 Å². The van der Waals surface area contributed by atoms with Gasteiger partial charge in [-0.2, -0.15) is 0 Å². The fraction of sp³-hybridized carbons (Fsp3) is 0.375. The number of carbonyl (C=O) groups excluding carboxylic acids is 1. The van der Waals surface area contributed by atoms with Crippen LogP contribution in [0.15, 0.2) is 43.0 Å². The minimum Gasteiger partial charge on any atom is -0.372 e. The molecule has 0 saturated carbocycles. The standard InChI is InChI=1S/C16H19N3O2/c20-16(14-5-7-18-10-14)19-8-2-4-15(11-19)21-12-13-3-1-6-17-9-13/h1,3,5-7,9-10,15,18H,2,4,8,11-12H2/t15-/m1/s1. The molecule has 0 aliphatic carbocycles. The van der Waals surface area contributed by atoms with Crippen LogP contribution in [-0.2, 0) is 11.3 Å². The van der Waals surface area contributed by atoms with Crippen LogP contribution < -0.4 is 0 Å². The molecule has 21 heavy (non-hydrogen) atoms. The average Bonchev–Trinajstić information content (AvgIpc) is 3.08. The fourth-order valence-electron chi connectivity index (χ4n) is 2.60. The average molecular weight is 285 g/mol. The van der Waals surface area contributed by atoms with Crippen LogP contribution in [0.1, 0.15) is 28.8 Å². The normalized spacial score (nSPS) is 18.7. The molecule has 1 aliphatic heterocycles. The molecule has 0 radical (unpaired) electrons. The van der Waals surface area contributed by atoms with Crippen molar-refractivity contribution >= 4 is 5.91 Å². The maximum atomic E-state index is 12.3. The van der Waals surface area contributed by atoms with Gasteiger partial charge in [-0.1, -0.05) is 6.07 Å². The Balaban J connectivity index is 1.55. The number of hydrogen-bond acceptors (Lipinski definition) is 3. The monoisotopic (exact) mass is 285 g/mol. The number of nitrogens with one attached hydrogen (secondary N) is 1. The molecular weight excluding hydrogens is 266 g/mol. The van der Waals surface area contributed by atoms with Crippen LogP contribution in [0.3, 0.4) is 0 Å². The molecular formula is C16H19N3O2. The second-order valence-electron chi connectivity index (χ2n) is 5.29. The Morgan fingerprint density at radius 2 is 2.43 bits per heavy atom. The highest BCUT2D eigenvalue weighted by atomic mass is 16.5. The van der Waals surface area contributed by atoms with Gasteiger partial charge in [0.15, 0.2) is 0 Å². The molecule has 3 rings (SSSR count). The van der Waals surface area contributed by atoms with Crippen LogP contribution in [-0.4, -0.2) is 40.0 Å². The summed E-state index contributed by atoms with van der Waals surface area (Å²) in [5.74, 6) is 0.0749. The quantitative estimate of drug-likeness (QED) is 0.937. The van der Waals surface area contributed by atoms with Crippen LogP contribution in [0, 0.1) is 0 Å². The van der Waals surface area contributed by atoms with Crippen LogP contribution >= 0.6 is 0 Å². The SMILES string of the molecule is O=C(c1cc[nH]c1)N1CCC[C@@H](OCc2cccnc2)C1. The van der Waals surface area contributed by atoms with E-state index in [1.54, 1.807) is 18.6 Å². The Labute approximate surface area is 124 Å². The van der Waals surface area contributed by atoms with E-state index in [2.05, 4.69) is 9.97 Å². The smallest absolute Gasteiger partial charge is 0.255 e. The maximum absolute atomic E-state index is 12.3. The highest BCUT2D eigenvalue weighted by Gasteiger charge is 2.25. The molecule has 2 aromatic rings. The number of amides is 1. The van der Waals surface area contributed by atoms with Crippen molar-refractivity contribution in [2.24, 2.45) is 0 Å². The number of nitrogens with zero attached hydrogens (tertiary/aromatic N) is 2. The van der Waals surface area contributed by atoms with Gasteiger partial charge in [-0.05, 0) is 30.5 Å². The minimum atomic E-state index is 0.0749. The zero-order valence-corrected chi connectivity index (χ0v) is 11.9. The molecule has 0 spiro atoms. The summed E-state index contributed by atoms with van der Waals surface area (Å²) in [6, 6.07) is 5.71. The Bertz CT molecular complexity index is 568. The third-order valence-corrected chi connectivity index (χ3v) is 3.72. The number of aromatic amines is 1. The summed E-state index contributed by atoms with van der Waals surface area (Å²) in [7, 11) is 0. The Morgan fingerprint density at radius 3 is 3.19 bits per heavy atom. The molecule has 0 bridgehead atoms. The zero-order valence-electron chi connectivity index (χ0n) is 11.9. The van der Waals surface area contributed by atoms with E-state index in [0.717, 1.165) is 24.9 Å². The molecule has 3 heterocycles. The van der Waals surface area contributed by atoms with E-state index in [4.69, 9.17) is 4.74 Å². The second kappa shape index (κ2) is 6.54. The first-order valence-electron chi connectivity index (χ1n) is 7.25. The number of ether oxygens (including phenoxy) is 1. The third-order valence-electron chi connectivity index (χ3n) is 3.72. The number of piperidine rings is 1. The van der Waals surface area contributed by atoms with Crippen LogP contribution in [0.5, 0.6) is 0 Å². The molecule has 1 amide bonds. The fourth-order valence-corrected chi connectivity index (χ4v) is 2.60. The highest BCUT2D eigenvalue weighted by molar-refractivity contribution is 5.94. The molecule has 1 saturated heterocycles. The van der Waals surface area contributed by atoms with Gasteiger partial charge in [0.05, 0.1) is 18.3 Å². The van der Waals surface area contributed by atoms with E-state index in [9.17, 15) is 4.79 Å². The van der Waals surface area contributed by atoms with Gasteiger partial charge in [-0.15, -0.1) is 0 Å². The first-order valence-corrected chi connectivity index (χ1v) is 7.25. The van der Waals surface area contributed by atoms with Crippen molar-refractivity contribution < 1.29 is 9.53 Å². The first-order chi connectivity index (χ1) is 10.3. The predicted molar refractivity (Wildman–Crippen MR) is 78.7 cm³/mol. The number of aromatic nitrogens is 2. The highest BCUT2D eigenvalue weighted by Crippen LogP contribution is 2.17. The summed E-state index contributed by atoms with van der Waals surface area (Å²) in [5.41, 5.74) is 1.77. The minimum absolute atomic E-state index is 0.0749. The number of likely N-dealkylation sites (tertiary alicyclic amines) is 1. The van der Waals surface area contributed by atoms with Crippen molar-refractivity contribution in [3.05, 3.63) is 54.1 Å². The van der Waals surface area contributed by atoms with Crippen molar-refractivity contribution in [2.45, 2.75) is 25.6 Å². The number of carbonyl (C=O) groups is 1. The molecule has 1 fully saturated rings. The molecule has 1 N–H and O–H groups in total. The van der Waals surface area contributed by atoms with Gasteiger partial charge in [0, 0.05) is 37.9 Å². The van der Waals surface area contributed by atoms with Crippen molar-refractivity contribution in [2.75, 3.05) is 13.1 Å². The summed E-state index contributed by atoms with van der Waals surface area (Å²) in [4.78, 5) is 21.2. The molecule has 1 aliphatic rings. The predicted octanol–water partition coefficient (Wildman–Crippen LogP) is 2.23. The van der Waals surface area contributed by atoms with Crippen molar-refractivity contribution in [3.8, 4) is 0 Å².